The third-order valence-corrected chi connectivity index (χ3v) is 2.20. The maximum Gasteiger partial charge on any atom is 0.404 e. The van der Waals surface area contributed by atoms with Crippen molar-refractivity contribution in [1.29, 1.82) is 0 Å². The van der Waals surface area contributed by atoms with E-state index in [0.29, 0.717) is 5.56 Å². The third-order valence-electron chi connectivity index (χ3n) is 2.20. The van der Waals surface area contributed by atoms with Gasteiger partial charge in [0.25, 0.3) is 0 Å². The lowest BCUT2D eigenvalue weighted by molar-refractivity contribution is -0.106. The van der Waals surface area contributed by atoms with Gasteiger partial charge in [-0.1, -0.05) is 6.07 Å². The van der Waals surface area contributed by atoms with Gasteiger partial charge in [-0.05, 0) is 12.1 Å². The molecule has 0 saturated carbocycles. The highest BCUT2D eigenvalue weighted by molar-refractivity contribution is 5.64. The molecule has 0 fully saturated rings. The molecule has 5 nitrogen and oxygen atoms in total. The van der Waals surface area contributed by atoms with Crippen molar-refractivity contribution in [3.8, 4) is 0 Å². The van der Waals surface area contributed by atoms with Gasteiger partial charge in [-0.25, -0.2) is 9.18 Å². The first-order chi connectivity index (χ1) is 8.08. The summed E-state index contributed by atoms with van der Waals surface area (Å²) in [6.07, 6.45) is -1.80. The Morgan fingerprint density at radius 3 is 2.65 bits per heavy atom. The fourth-order valence-corrected chi connectivity index (χ4v) is 1.42. The molecule has 0 aliphatic carbocycles. The predicted octanol–water partition coefficient (Wildman–Crippen LogP) is 1.88. The number of halogens is 1. The standard InChI is InChI=1S/C11H14FNO4/c1-16-10(17-2)7-3-4-9(12)8(5-7)6-13-11(14)15/h3-5,10,13H,6H2,1-2H3,(H,14,15). The van der Waals surface area contributed by atoms with E-state index < -0.39 is 18.2 Å². The van der Waals surface area contributed by atoms with Crippen LogP contribution in [0.1, 0.15) is 17.4 Å². The number of hydrogen-bond acceptors (Lipinski definition) is 3. The number of benzene rings is 1. The van der Waals surface area contributed by atoms with E-state index in [1.54, 1.807) is 0 Å². The normalized spacial score (nSPS) is 10.6. The minimum absolute atomic E-state index is 0.102. The molecule has 1 rings (SSSR count). The zero-order valence-corrected chi connectivity index (χ0v) is 9.57. The highest BCUT2D eigenvalue weighted by Crippen LogP contribution is 2.20. The van der Waals surface area contributed by atoms with Crippen LogP contribution in [0.2, 0.25) is 0 Å². The Kier molecular flexibility index (Phi) is 4.86. The molecule has 0 aromatic heterocycles. The van der Waals surface area contributed by atoms with E-state index in [9.17, 15) is 9.18 Å². The lowest BCUT2D eigenvalue weighted by Gasteiger charge is -2.15. The maximum absolute atomic E-state index is 13.4. The van der Waals surface area contributed by atoms with Gasteiger partial charge in [-0.15, -0.1) is 0 Å². The van der Waals surface area contributed by atoms with E-state index in [2.05, 4.69) is 5.32 Å². The van der Waals surface area contributed by atoms with Crippen molar-refractivity contribution >= 4 is 6.09 Å². The predicted molar refractivity (Wildman–Crippen MR) is 58.0 cm³/mol. The SMILES string of the molecule is COC(OC)c1ccc(F)c(CNC(=O)O)c1. The van der Waals surface area contributed by atoms with Crippen LogP contribution in [0.5, 0.6) is 0 Å². The summed E-state index contributed by atoms with van der Waals surface area (Å²) in [4.78, 5) is 10.3. The number of nitrogens with one attached hydrogen (secondary N) is 1. The largest absolute Gasteiger partial charge is 0.465 e. The summed E-state index contributed by atoms with van der Waals surface area (Å²) in [5, 5.41) is 10.6. The van der Waals surface area contributed by atoms with Crippen LogP contribution in [0.3, 0.4) is 0 Å². The summed E-state index contributed by atoms with van der Waals surface area (Å²) in [6, 6.07) is 4.28. The van der Waals surface area contributed by atoms with Gasteiger partial charge in [0.1, 0.15) is 5.82 Å². The van der Waals surface area contributed by atoms with Gasteiger partial charge in [0.05, 0.1) is 0 Å². The molecule has 0 aliphatic heterocycles. The van der Waals surface area contributed by atoms with Gasteiger partial charge in [0, 0.05) is 31.9 Å². The van der Waals surface area contributed by atoms with Gasteiger partial charge in [-0.2, -0.15) is 0 Å². The molecule has 0 aliphatic rings. The summed E-state index contributed by atoms with van der Waals surface area (Å²) < 4.78 is 23.4. The van der Waals surface area contributed by atoms with Crippen LogP contribution in [0.25, 0.3) is 0 Å². The molecule has 2 N–H and O–H groups in total. The summed E-state index contributed by atoms with van der Waals surface area (Å²) in [5.41, 5.74) is 0.864. The Morgan fingerprint density at radius 1 is 1.47 bits per heavy atom. The quantitative estimate of drug-likeness (QED) is 0.775. The van der Waals surface area contributed by atoms with Crippen molar-refractivity contribution in [2.75, 3.05) is 14.2 Å². The van der Waals surface area contributed by atoms with Crippen molar-refractivity contribution in [1.82, 2.24) is 5.32 Å². The average molecular weight is 243 g/mol. The fourth-order valence-electron chi connectivity index (χ4n) is 1.42. The Hall–Kier alpha value is -1.66. The van der Waals surface area contributed by atoms with E-state index in [-0.39, 0.29) is 12.1 Å². The number of ether oxygens (including phenoxy) is 2. The second kappa shape index (κ2) is 6.17. The molecule has 0 saturated heterocycles. The molecule has 0 bridgehead atoms. The van der Waals surface area contributed by atoms with Crippen molar-refractivity contribution in [3.05, 3.63) is 35.1 Å². The molecule has 0 atom stereocenters. The molecule has 0 spiro atoms. The lowest BCUT2D eigenvalue weighted by atomic mass is 10.1. The first kappa shape index (κ1) is 13.4. The Labute approximate surface area is 98.2 Å². The van der Waals surface area contributed by atoms with Crippen molar-refractivity contribution in [2.24, 2.45) is 0 Å². The van der Waals surface area contributed by atoms with Crippen molar-refractivity contribution in [2.45, 2.75) is 12.8 Å². The molecule has 1 aromatic carbocycles. The van der Waals surface area contributed by atoms with Gasteiger partial charge < -0.3 is 19.9 Å². The van der Waals surface area contributed by atoms with Crippen LogP contribution in [-0.2, 0) is 16.0 Å². The van der Waals surface area contributed by atoms with E-state index in [1.807, 2.05) is 0 Å². The minimum Gasteiger partial charge on any atom is -0.465 e. The molecule has 0 radical (unpaired) electrons. The molecule has 1 amide bonds. The monoisotopic (exact) mass is 243 g/mol. The fraction of sp³-hybridized carbons (Fsp3) is 0.364. The van der Waals surface area contributed by atoms with Crippen LogP contribution in [0.4, 0.5) is 9.18 Å². The van der Waals surface area contributed by atoms with Crippen molar-refractivity contribution < 1.29 is 23.8 Å². The molecule has 0 heterocycles. The smallest absolute Gasteiger partial charge is 0.404 e. The van der Waals surface area contributed by atoms with Gasteiger partial charge in [-0.3, -0.25) is 0 Å². The Balaban J connectivity index is 2.89. The number of carboxylic acid groups (broad SMARTS) is 1. The first-order valence-corrected chi connectivity index (χ1v) is 4.89. The molecular weight excluding hydrogens is 229 g/mol. The van der Waals surface area contributed by atoms with Gasteiger partial charge >= 0.3 is 6.09 Å². The number of carbonyl (C=O) groups is 1. The van der Waals surface area contributed by atoms with Crippen LogP contribution in [0, 0.1) is 5.82 Å². The second-order valence-corrected chi connectivity index (χ2v) is 3.31. The highest BCUT2D eigenvalue weighted by Gasteiger charge is 2.12. The summed E-state index contributed by atoms with van der Waals surface area (Å²) >= 11 is 0. The number of amides is 1. The van der Waals surface area contributed by atoms with Gasteiger partial charge in [0.15, 0.2) is 6.29 Å². The highest BCUT2D eigenvalue weighted by atomic mass is 19.1. The van der Waals surface area contributed by atoms with Crippen LogP contribution in [0.15, 0.2) is 18.2 Å². The molecule has 17 heavy (non-hydrogen) atoms. The molecular formula is C11H14FNO4. The number of hydrogen-bond donors (Lipinski definition) is 2. The summed E-state index contributed by atoms with van der Waals surface area (Å²) in [6.45, 7) is -0.102. The Bertz CT molecular complexity index is 393. The molecule has 0 unspecified atom stereocenters. The minimum atomic E-state index is -1.20. The van der Waals surface area contributed by atoms with E-state index in [4.69, 9.17) is 14.6 Å². The van der Waals surface area contributed by atoms with E-state index in [1.165, 1.54) is 32.4 Å². The molecule has 1 aromatic rings. The maximum atomic E-state index is 13.4. The summed E-state index contributed by atoms with van der Waals surface area (Å²) in [7, 11) is 2.93. The molecule has 6 heteroatoms. The average Bonchev–Trinajstić information content (AvgIpc) is 2.30. The second-order valence-electron chi connectivity index (χ2n) is 3.31. The van der Waals surface area contributed by atoms with Crippen LogP contribution in [-0.4, -0.2) is 25.4 Å². The number of methoxy groups -OCH3 is 2. The zero-order chi connectivity index (χ0) is 12.8. The number of rotatable bonds is 5. The first-order valence-electron chi connectivity index (χ1n) is 4.89. The van der Waals surface area contributed by atoms with E-state index in [0.717, 1.165) is 0 Å². The molecule has 94 valence electrons. The topological polar surface area (TPSA) is 67.8 Å². The van der Waals surface area contributed by atoms with E-state index >= 15 is 0 Å². The zero-order valence-electron chi connectivity index (χ0n) is 9.57. The Morgan fingerprint density at radius 2 is 2.12 bits per heavy atom. The lowest BCUT2D eigenvalue weighted by Crippen LogP contribution is -2.21. The van der Waals surface area contributed by atoms with Gasteiger partial charge in [0.2, 0.25) is 0 Å². The summed E-state index contributed by atoms with van der Waals surface area (Å²) in [5.74, 6) is -0.478. The van der Waals surface area contributed by atoms with Crippen LogP contribution < -0.4 is 5.32 Å². The third kappa shape index (κ3) is 3.69. The van der Waals surface area contributed by atoms with Crippen LogP contribution >= 0.6 is 0 Å². The van der Waals surface area contributed by atoms with Crippen molar-refractivity contribution in [3.63, 3.8) is 0 Å².